The van der Waals surface area contributed by atoms with E-state index in [1.54, 1.807) is 0 Å². The van der Waals surface area contributed by atoms with Gasteiger partial charge in [0.1, 0.15) is 0 Å². The van der Waals surface area contributed by atoms with Crippen LogP contribution in [0.4, 0.5) is 0 Å². The van der Waals surface area contributed by atoms with E-state index >= 15 is 0 Å². The molecule has 0 aromatic heterocycles. The number of rotatable bonds is 7. The maximum atomic E-state index is 6.07. The molecule has 1 unspecified atom stereocenters. The van der Waals surface area contributed by atoms with E-state index in [0.717, 1.165) is 19.0 Å². The topological polar surface area (TPSA) is 32.5 Å². The molecule has 1 fully saturated rings. The molecule has 0 aliphatic carbocycles. The highest BCUT2D eigenvalue weighted by Crippen LogP contribution is 2.15. The summed E-state index contributed by atoms with van der Waals surface area (Å²) in [6.45, 7) is 9.38. The predicted molar refractivity (Wildman–Crippen MR) is 75.3 cm³/mol. The highest BCUT2D eigenvalue weighted by molar-refractivity contribution is 4.78. The van der Waals surface area contributed by atoms with Crippen molar-refractivity contribution in [3.8, 4) is 0 Å². The van der Waals surface area contributed by atoms with Crippen LogP contribution in [0.3, 0.4) is 0 Å². The lowest BCUT2D eigenvalue weighted by Crippen LogP contribution is -2.44. The van der Waals surface area contributed by atoms with Crippen LogP contribution in [0, 0.1) is 0 Å². The molecule has 0 bridgehead atoms. The average molecular weight is 241 g/mol. The van der Waals surface area contributed by atoms with Gasteiger partial charge >= 0.3 is 0 Å². The van der Waals surface area contributed by atoms with Crippen LogP contribution in [0.25, 0.3) is 0 Å². The van der Waals surface area contributed by atoms with E-state index in [-0.39, 0.29) is 0 Å². The molecule has 1 aliphatic rings. The first-order valence-corrected chi connectivity index (χ1v) is 7.35. The third-order valence-electron chi connectivity index (χ3n) is 4.14. The standard InChI is InChI=1S/C14H31N3/c1-4-6-13(15)7-10-16(3)14-8-11-17(5-2)12-9-14/h13-14H,4-12,15H2,1-3H3. The largest absolute Gasteiger partial charge is 0.328 e. The predicted octanol–water partition coefficient (Wildman–Crippen LogP) is 1.92. The van der Waals surface area contributed by atoms with Crippen molar-refractivity contribution in [3.05, 3.63) is 0 Å². The van der Waals surface area contributed by atoms with Crippen LogP contribution >= 0.6 is 0 Å². The monoisotopic (exact) mass is 241 g/mol. The van der Waals surface area contributed by atoms with Gasteiger partial charge in [-0.15, -0.1) is 0 Å². The summed E-state index contributed by atoms with van der Waals surface area (Å²) in [5, 5.41) is 0. The van der Waals surface area contributed by atoms with E-state index in [4.69, 9.17) is 5.73 Å². The highest BCUT2D eigenvalue weighted by atomic mass is 15.2. The number of piperidine rings is 1. The van der Waals surface area contributed by atoms with E-state index in [2.05, 4.69) is 30.7 Å². The van der Waals surface area contributed by atoms with Crippen molar-refractivity contribution in [2.75, 3.05) is 33.2 Å². The third-order valence-corrected chi connectivity index (χ3v) is 4.14. The molecule has 0 amide bonds. The Bertz CT molecular complexity index is 188. The van der Waals surface area contributed by atoms with E-state index < -0.39 is 0 Å². The Labute approximate surface area is 107 Å². The van der Waals surface area contributed by atoms with Gasteiger partial charge in [-0.3, -0.25) is 0 Å². The molecule has 17 heavy (non-hydrogen) atoms. The Balaban J connectivity index is 2.17. The normalized spacial score (nSPS) is 21.0. The minimum atomic E-state index is 0.401. The molecule has 2 N–H and O–H groups in total. The zero-order valence-electron chi connectivity index (χ0n) is 12.0. The summed E-state index contributed by atoms with van der Waals surface area (Å²) in [6.07, 6.45) is 6.18. The molecular weight excluding hydrogens is 210 g/mol. The van der Waals surface area contributed by atoms with Crippen molar-refractivity contribution < 1.29 is 0 Å². The first-order chi connectivity index (χ1) is 8.17. The molecule has 0 spiro atoms. The van der Waals surface area contributed by atoms with Crippen molar-refractivity contribution in [2.45, 2.75) is 58.0 Å². The smallest absolute Gasteiger partial charge is 0.0117 e. The summed E-state index contributed by atoms with van der Waals surface area (Å²) < 4.78 is 0. The van der Waals surface area contributed by atoms with Gasteiger partial charge in [0.15, 0.2) is 0 Å². The number of nitrogens with zero attached hydrogens (tertiary/aromatic N) is 2. The van der Waals surface area contributed by atoms with Crippen molar-refractivity contribution in [1.29, 1.82) is 0 Å². The highest BCUT2D eigenvalue weighted by Gasteiger charge is 2.21. The van der Waals surface area contributed by atoms with Gasteiger partial charge in [-0.2, -0.15) is 0 Å². The lowest BCUT2D eigenvalue weighted by molar-refractivity contribution is 0.129. The molecule has 0 aromatic rings. The first-order valence-electron chi connectivity index (χ1n) is 7.35. The van der Waals surface area contributed by atoms with E-state index in [0.29, 0.717) is 6.04 Å². The van der Waals surface area contributed by atoms with Gasteiger partial charge in [0.25, 0.3) is 0 Å². The second-order valence-corrected chi connectivity index (χ2v) is 5.48. The maximum Gasteiger partial charge on any atom is 0.0117 e. The molecule has 3 nitrogen and oxygen atoms in total. The Hall–Kier alpha value is -0.120. The zero-order chi connectivity index (χ0) is 12.7. The molecule has 1 heterocycles. The molecule has 0 radical (unpaired) electrons. The van der Waals surface area contributed by atoms with Gasteiger partial charge < -0.3 is 15.5 Å². The van der Waals surface area contributed by atoms with E-state index in [1.165, 1.54) is 45.3 Å². The third kappa shape index (κ3) is 5.36. The van der Waals surface area contributed by atoms with E-state index in [1.807, 2.05) is 0 Å². The van der Waals surface area contributed by atoms with Crippen molar-refractivity contribution in [1.82, 2.24) is 9.80 Å². The van der Waals surface area contributed by atoms with Crippen molar-refractivity contribution in [2.24, 2.45) is 5.73 Å². The fourth-order valence-electron chi connectivity index (χ4n) is 2.74. The maximum absolute atomic E-state index is 6.07. The SMILES string of the molecule is CCCC(N)CCN(C)C1CCN(CC)CC1. The van der Waals surface area contributed by atoms with Crippen LogP contribution in [0.15, 0.2) is 0 Å². The Morgan fingerprint density at radius 1 is 1.24 bits per heavy atom. The summed E-state index contributed by atoms with van der Waals surface area (Å²) in [5.41, 5.74) is 6.07. The quantitative estimate of drug-likeness (QED) is 0.739. The molecular formula is C14H31N3. The van der Waals surface area contributed by atoms with Crippen molar-refractivity contribution in [3.63, 3.8) is 0 Å². The van der Waals surface area contributed by atoms with Crippen LogP contribution in [-0.4, -0.2) is 55.1 Å². The number of nitrogens with two attached hydrogens (primary N) is 1. The molecule has 3 heteroatoms. The van der Waals surface area contributed by atoms with Crippen molar-refractivity contribution >= 4 is 0 Å². The van der Waals surface area contributed by atoms with Crippen LogP contribution in [0.2, 0.25) is 0 Å². The molecule has 0 saturated carbocycles. The Morgan fingerprint density at radius 2 is 1.88 bits per heavy atom. The lowest BCUT2D eigenvalue weighted by atomic mass is 10.0. The molecule has 1 saturated heterocycles. The molecule has 0 aromatic carbocycles. The van der Waals surface area contributed by atoms with Gasteiger partial charge in [-0.25, -0.2) is 0 Å². The van der Waals surface area contributed by atoms with Gasteiger partial charge in [0.05, 0.1) is 0 Å². The number of hydrogen-bond donors (Lipinski definition) is 1. The van der Waals surface area contributed by atoms with Crippen LogP contribution < -0.4 is 5.73 Å². The fraction of sp³-hybridized carbons (Fsp3) is 1.00. The minimum absolute atomic E-state index is 0.401. The van der Waals surface area contributed by atoms with Crippen LogP contribution in [0.5, 0.6) is 0 Å². The lowest BCUT2D eigenvalue weighted by Gasteiger charge is -2.36. The molecule has 1 atom stereocenters. The summed E-state index contributed by atoms with van der Waals surface area (Å²) in [7, 11) is 2.27. The summed E-state index contributed by atoms with van der Waals surface area (Å²) in [5.74, 6) is 0. The molecule has 102 valence electrons. The van der Waals surface area contributed by atoms with Gasteiger partial charge in [0.2, 0.25) is 0 Å². The van der Waals surface area contributed by atoms with Gasteiger partial charge in [0, 0.05) is 12.1 Å². The Kier molecular flexibility index (Phi) is 7.09. The second kappa shape index (κ2) is 8.06. The first kappa shape index (κ1) is 14.9. The fourth-order valence-corrected chi connectivity index (χ4v) is 2.74. The van der Waals surface area contributed by atoms with Gasteiger partial charge in [-0.1, -0.05) is 20.3 Å². The number of hydrogen-bond acceptors (Lipinski definition) is 3. The summed E-state index contributed by atoms with van der Waals surface area (Å²) in [6, 6.07) is 1.19. The second-order valence-electron chi connectivity index (χ2n) is 5.48. The van der Waals surface area contributed by atoms with E-state index in [9.17, 15) is 0 Å². The molecule has 1 aliphatic heterocycles. The summed E-state index contributed by atoms with van der Waals surface area (Å²) >= 11 is 0. The number of likely N-dealkylation sites (tertiary alicyclic amines) is 1. The zero-order valence-corrected chi connectivity index (χ0v) is 12.0. The Morgan fingerprint density at radius 3 is 2.41 bits per heavy atom. The van der Waals surface area contributed by atoms with Gasteiger partial charge in [-0.05, 0) is 58.9 Å². The van der Waals surface area contributed by atoms with Crippen LogP contribution in [-0.2, 0) is 0 Å². The van der Waals surface area contributed by atoms with Crippen LogP contribution in [0.1, 0.15) is 46.0 Å². The summed E-state index contributed by atoms with van der Waals surface area (Å²) in [4.78, 5) is 5.08. The minimum Gasteiger partial charge on any atom is -0.328 e. The molecule has 1 rings (SSSR count). The average Bonchev–Trinajstić information content (AvgIpc) is 2.36.